The van der Waals surface area contributed by atoms with Crippen LogP contribution in [0, 0.1) is 11.8 Å². The van der Waals surface area contributed by atoms with Crippen molar-refractivity contribution in [3.8, 4) is 0 Å². The number of esters is 1. The van der Waals surface area contributed by atoms with Gasteiger partial charge in [0.2, 0.25) is 0 Å². The van der Waals surface area contributed by atoms with Crippen LogP contribution in [0.4, 0.5) is 4.79 Å². The van der Waals surface area contributed by atoms with Gasteiger partial charge in [0, 0.05) is 13.6 Å². The van der Waals surface area contributed by atoms with E-state index in [0.717, 1.165) is 6.42 Å². The number of urea groups is 1. The Morgan fingerprint density at radius 2 is 2.25 bits per heavy atom. The number of amides is 2. The van der Waals surface area contributed by atoms with E-state index in [4.69, 9.17) is 10.5 Å². The topological polar surface area (TPSA) is 75.9 Å². The summed E-state index contributed by atoms with van der Waals surface area (Å²) in [7, 11) is 1.58. The first kappa shape index (κ1) is 11.2. The Kier molecular flexibility index (Phi) is 2.75. The van der Waals surface area contributed by atoms with Crippen LogP contribution in [0.15, 0.2) is 0 Å². The molecule has 2 amide bonds. The SMILES string of the molecule is CCOC(=O)C1[C@@H]2C[C@@H]2CN1N(C)C(N)=O. The molecule has 0 bridgehead atoms. The summed E-state index contributed by atoms with van der Waals surface area (Å²) in [6, 6.07) is -0.877. The van der Waals surface area contributed by atoms with Gasteiger partial charge in [0.25, 0.3) is 0 Å². The van der Waals surface area contributed by atoms with Gasteiger partial charge in [-0.2, -0.15) is 0 Å². The largest absolute Gasteiger partial charge is 0.465 e. The normalized spacial score (nSPS) is 32.0. The zero-order chi connectivity index (χ0) is 11.9. The summed E-state index contributed by atoms with van der Waals surface area (Å²) in [6.07, 6.45) is 1.05. The van der Waals surface area contributed by atoms with E-state index in [9.17, 15) is 9.59 Å². The number of nitrogens with two attached hydrogens (primary N) is 1. The lowest BCUT2D eigenvalue weighted by molar-refractivity contribution is -0.154. The van der Waals surface area contributed by atoms with Crippen LogP contribution in [-0.4, -0.2) is 48.3 Å². The number of rotatable bonds is 3. The molecule has 0 radical (unpaired) electrons. The fourth-order valence-corrected chi connectivity index (χ4v) is 2.40. The molecule has 2 N–H and O–H groups in total. The lowest BCUT2D eigenvalue weighted by Crippen LogP contribution is -2.53. The number of primary amides is 1. The summed E-state index contributed by atoms with van der Waals surface area (Å²) >= 11 is 0. The smallest absolute Gasteiger partial charge is 0.329 e. The molecule has 1 saturated carbocycles. The van der Waals surface area contributed by atoms with E-state index >= 15 is 0 Å². The number of piperidine rings is 1. The maximum absolute atomic E-state index is 11.8. The Balaban J connectivity index is 2.08. The minimum absolute atomic E-state index is 0.249. The molecule has 1 aliphatic carbocycles. The lowest BCUT2D eigenvalue weighted by atomic mass is 10.2. The molecule has 90 valence electrons. The molecule has 1 heterocycles. The van der Waals surface area contributed by atoms with Gasteiger partial charge in [0.05, 0.1) is 6.61 Å². The average Bonchev–Trinajstić information content (AvgIpc) is 2.88. The van der Waals surface area contributed by atoms with E-state index < -0.39 is 6.03 Å². The minimum Gasteiger partial charge on any atom is -0.465 e. The van der Waals surface area contributed by atoms with Gasteiger partial charge in [-0.25, -0.2) is 9.80 Å². The third kappa shape index (κ3) is 1.73. The van der Waals surface area contributed by atoms with Gasteiger partial charge in [-0.05, 0) is 25.2 Å². The number of hydrogen-bond acceptors (Lipinski definition) is 4. The number of hydrogen-bond donors (Lipinski definition) is 1. The Morgan fingerprint density at radius 1 is 1.56 bits per heavy atom. The second-order valence-corrected chi connectivity index (χ2v) is 4.34. The van der Waals surface area contributed by atoms with Crippen LogP contribution in [0.2, 0.25) is 0 Å². The van der Waals surface area contributed by atoms with E-state index in [2.05, 4.69) is 0 Å². The van der Waals surface area contributed by atoms with E-state index in [-0.39, 0.29) is 12.0 Å². The molecular formula is C10H17N3O3. The van der Waals surface area contributed by atoms with Crippen LogP contribution in [-0.2, 0) is 9.53 Å². The molecule has 1 unspecified atom stereocenters. The van der Waals surface area contributed by atoms with Crippen molar-refractivity contribution in [2.45, 2.75) is 19.4 Å². The fourth-order valence-electron chi connectivity index (χ4n) is 2.40. The predicted octanol–water partition coefficient (Wildman–Crippen LogP) is -0.205. The van der Waals surface area contributed by atoms with Crippen LogP contribution in [0.1, 0.15) is 13.3 Å². The summed E-state index contributed by atoms with van der Waals surface area (Å²) < 4.78 is 5.02. The van der Waals surface area contributed by atoms with Crippen molar-refractivity contribution in [3.63, 3.8) is 0 Å². The zero-order valence-corrected chi connectivity index (χ0v) is 9.55. The molecule has 6 heteroatoms. The Labute approximate surface area is 94.3 Å². The second-order valence-electron chi connectivity index (χ2n) is 4.34. The van der Waals surface area contributed by atoms with Gasteiger partial charge in [-0.15, -0.1) is 0 Å². The Bertz CT molecular complexity index is 320. The van der Waals surface area contributed by atoms with Crippen molar-refractivity contribution in [2.24, 2.45) is 17.6 Å². The molecule has 0 aromatic carbocycles. The van der Waals surface area contributed by atoms with Gasteiger partial charge in [-0.3, -0.25) is 9.80 Å². The van der Waals surface area contributed by atoms with Crippen molar-refractivity contribution in [2.75, 3.05) is 20.2 Å². The molecule has 0 aromatic heterocycles. The maximum atomic E-state index is 11.8. The molecule has 1 saturated heterocycles. The summed E-state index contributed by atoms with van der Waals surface area (Å²) in [5.41, 5.74) is 5.21. The monoisotopic (exact) mass is 227 g/mol. The van der Waals surface area contributed by atoms with Gasteiger partial charge < -0.3 is 10.5 Å². The Morgan fingerprint density at radius 3 is 2.81 bits per heavy atom. The molecule has 1 aliphatic heterocycles. The van der Waals surface area contributed by atoms with Crippen LogP contribution in [0.5, 0.6) is 0 Å². The van der Waals surface area contributed by atoms with E-state index in [0.29, 0.717) is 25.0 Å². The third-order valence-electron chi connectivity index (χ3n) is 3.36. The van der Waals surface area contributed by atoms with Gasteiger partial charge in [-0.1, -0.05) is 0 Å². The first-order valence-electron chi connectivity index (χ1n) is 5.52. The number of ether oxygens (including phenoxy) is 1. The molecular weight excluding hydrogens is 210 g/mol. The van der Waals surface area contributed by atoms with Crippen LogP contribution >= 0.6 is 0 Å². The van der Waals surface area contributed by atoms with Gasteiger partial charge in [0.15, 0.2) is 0 Å². The first-order valence-corrected chi connectivity index (χ1v) is 5.52. The number of carbonyl (C=O) groups excluding carboxylic acids is 2. The number of nitrogens with zero attached hydrogens (tertiary/aromatic N) is 2. The number of carbonyl (C=O) groups is 2. The Hall–Kier alpha value is -1.30. The molecule has 2 rings (SSSR count). The van der Waals surface area contributed by atoms with Crippen LogP contribution in [0.25, 0.3) is 0 Å². The molecule has 6 nitrogen and oxygen atoms in total. The highest BCUT2D eigenvalue weighted by atomic mass is 16.5. The van der Waals surface area contributed by atoms with Crippen molar-refractivity contribution in [1.29, 1.82) is 0 Å². The number of hydrazine groups is 1. The number of fused-ring (bicyclic) bond motifs is 1. The summed E-state index contributed by atoms with van der Waals surface area (Å²) in [6.45, 7) is 2.85. The maximum Gasteiger partial charge on any atom is 0.329 e. The minimum atomic E-state index is -0.546. The van der Waals surface area contributed by atoms with Crippen LogP contribution in [0.3, 0.4) is 0 Å². The molecule has 2 aliphatic rings. The highest BCUT2D eigenvalue weighted by Gasteiger charge is 2.57. The molecule has 3 atom stereocenters. The second kappa shape index (κ2) is 3.93. The van der Waals surface area contributed by atoms with Gasteiger partial charge >= 0.3 is 12.0 Å². The standard InChI is InChI=1S/C10H17N3O3/c1-3-16-9(14)8-7-4-6(7)5-13(8)12(2)10(11)15/h6-8H,3-5H2,1-2H3,(H2,11,15)/t6-,7-,8?/m1/s1. The lowest BCUT2D eigenvalue weighted by Gasteiger charge is -2.32. The highest BCUT2D eigenvalue weighted by molar-refractivity contribution is 5.78. The molecule has 2 fully saturated rings. The van der Waals surface area contributed by atoms with Crippen LogP contribution < -0.4 is 5.73 Å². The first-order chi connectivity index (χ1) is 7.56. The summed E-state index contributed by atoms with van der Waals surface area (Å²) in [5.74, 6) is 0.595. The average molecular weight is 227 g/mol. The van der Waals surface area contributed by atoms with E-state index in [1.165, 1.54) is 5.01 Å². The third-order valence-corrected chi connectivity index (χ3v) is 3.36. The van der Waals surface area contributed by atoms with Crippen molar-refractivity contribution < 1.29 is 14.3 Å². The highest BCUT2D eigenvalue weighted by Crippen LogP contribution is 2.50. The van der Waals surface area contributed by atoms with Gasteiger partial charge in [0.1, 0.15) is 6.04 Å². The van der Waals surface area contributed by atoms with E-state index in [1.54, 1.807) is 19.0 Å². The van der Waals surface area contributed by atoms with E-state index in [1.807, 2.05) is 0 Å². The fraction of sp³-hybridized carbons (Fsp3) is 0.800. The molecule has 0 aromatic rings. The van der Waals surface area contributed by atoms with Crippen molar-refractivity contribution in [1.82, 2.24) is 10.0 Å². The van der Waals surface area contributed by atoms with Crippen molar-refractivity contribution >= 4 is 12.0 Å². The zero-order valence-electron chi connectivity index (χ0n) is 9.55. The molecule has 0 spiro atoms. The predicted molar refractivity (Wildman–Crippen MR) is 56.1 cm³/mol. The summed E-state index contributed by atoms with van der Waals surface area (Å²) in [4.78, 5) is 22.9. The molecule has 16 heavy (non-hydrogen) atoms. The van der Waals surface area contributed by atoms with Crippen molar-refractivity contribution in [3.05, 3.63) is 0 Å². The summed E-state index contributed by atoms with van der Waals surface area (Å²) in [5, 5.41) is 3.03. The quantitative estimate of drug-likeness (QED) is 0.677.